The minimum atomic E-state index is -1.07. The summed E-state index contributed by atoms with van der Waals surface area (Å²) in [5.74, 6) is -1.32. The van der Waals surface area contributed by atoms with Gasteiger partial charge in [-0.25, -0.2) is 4.79 Å². The maximum absolute atomic E-state index is 13.1. The lowest BCUT2D eigenvalue weighted by Crippen LogP contribution is -2.35. The van der Waals surface area contributed by atoms with E-state index < -0.39 is 5.97 Å². The Bertz CT molecular complexity index is 962. The van der Waals surface area contributed by atoms with E-state index in [4.69, 9.17) is 0 Å². The molecule has 0 aliphatic heterocycles. The molecule has 1 amide bonds. The highest BCUT2D eigenvalue weighted by Crippen LogP contribution is 2.11. The zero-order chi connectivity index (χ0) is 21.5. The molecular weight excluding hydrogens is 376 g/mol. The van der Waals surface area contributed by atoms with Crippen LogP contribution in [0.3, 0.4) is 0 Å². The van der Waals surface area contributed by atoms with Crippen LogP contribution in [0.1, 0.15) is 43.1 Å². The molecule has 0 unspecified atom stereocenters. The van der Waals surface area contributed by atoms with Gasteiger partial charge in [-0.2, -0.15) is 0 Å². The number of carbonyl (C=O) groups excluding carboxylic acids is 1. The van der Waals surface area contributed by atoms with Crippen LogP contribution in [0, 0.1) is 13.8 Å². The maximum atomic E-state index is 13.1. The number of aromatic nitrogens is 1. The zero-order valence-electron chi connectivity index (χ0n) is 17.3. The first-order valence-electron chi connectivity index (χ1n) is 10.0. The second kappa shape index (κ2) is 9.83. The SMILES string of the molecule is Cc1ccc(CCN(CCc2ccc(C)cc2)C(=O)c2cc(C(=O)O)ccn2)cc1. The Kier molecular flexibility index (Phi) is 6.96. The van der Waals surface area contributed by atoms with Gasteiger partial charge in [0.2, 0.25) is 0 Å². The fourth-order valence-corrected chi connectivity index (χ4v) is 3.20. The van der Waals surface area contributed by atoms with Gasteiger partial charge in [-0.15, -0.1) is 0 Å². The average molecular weight is 402 g/mol. The monoisotopic (exact) mass is 402 g/mol. The molecule has 1 N–H and O–H groups in total. The van der Waals surface area contributed by atoms with Gasteiger partial charge >= 0.3 is 5.97 Å². The number of nitrogens with zero attached hydrogens (tertiary/aromatic N) is 2. The van der Waals surface area contributed by atoms with E-state index >= 15 is 0 Å². The molecule has 0 saturated heterocycles. The quantitative estimate of drug-likeness (QED) is 0.609. The van der Waals surface area contributed by atoms with Gasteiger partial charge in [0.25, 0.3) is 5.91 Å². The van der Waals surface area contributed by atoms with Crippen molar-refractivity contribution in [1.29, 1.82) is 0 Å². The van der Waals surface area contributed by atoms with Crippen molar-refractivity contribution in [2.24, 2.45) is 0 Å². The molecule has 0 saturated carbocycles. The predicted molar refractivity (Wildman–Crippen MR) is 117 cm³/mol. The van der Waals surface area contributed by atoms with Crippen LogP contribution in [0.25, 0.3) is 0 Å². The molecule has 5 heteroatoms. The van der Waals surface area contributed by atoms with E-state index in [1.165, 1.54) is 29.5 Å². The second-order valence-corrected chi connectivity index (χ2v) is 7.50. The summed E-state index contributed by atoms with van der Waals surface area (Å²) in [6.07, 6.45) is 2.81. The van der Waals surface area contributed by atoms with Gasteiger partial charge in [-0.1, -0.05) is 59.7 Å². The van der Waals surface area contributed by atoms with E-state index in [1.807, 2.05) is 13.8 Å². The van der Waals surface area contributed by atoms with Crippen LogP contribution in [0.5, 0.6) is 0 Å². The van der Waals surface area contributed by atoms with Crippen molar-refractivity contribution in [3.63, 3.8) is 0 Å². The molecule has 3 rings (SSSR count). The summed E-state index contributed by atoms with van der Waals surface area (Å²) in [4.78, 5) is 30.3. The van der Waals surface area contributed by atoms with Crippen LogP contribution in [0.2, 0.25) is 0 Å². The summed E-state index contributed by atoms with van der Waals surface area (Å²) in [5.41, 5.74) is 4.91. The highest BCUT2D eigenvalue weighted by Gasteiger charge is 2.18. The number of hydrogen-bond donors (Lipinski definition) is 1. The summed E-state index contributed by atoms with van der Waals surface area (Å²) >= 11 is 0. The van der Waals surface area contributed by atoms with E-state index in [0.29, 0.717) is 13.1 Å². The van der Waals surface area contributed by atoms with E-state index in [2.05, 4.69) is 53.5 Å². The topological polar surface area (TPSA) is 70.5 Å². The van der Waals surface area contributed by atoms with Crippen LogP contribution in [-0.4, -0.2) is 40.0 Å². The first kappa shape index (κ1) is 21.2. The third-order valence-corrected chi connectivity index (χ3v) is 5.10. The van der Waals surface area contributed by atoms with Gasteiger partial charge in [0.1, 0.15) is 5.69 Å². The largest absolute Gasteiger partial charge is 0.478 e. The zero-order valence-corrected chi connectivity index (χ0v) is 17.3. The minimum Gasteiger partial charge on any atom is -0.478 e. The van der Waals surface area contributed by atoms with Crippen LogP contribution >= 0.6 is 0 Å². The van der Waals surface area contributed by atoms with Gasteiger partial charge in [0.05, 0.1) is 5.56 Å². The predicted octanol–water partition coefficient (Wildman–Crippen LogP) is 4.32. The van der Waals surface area contributed by atoms with Crippen molar-refractivity contribution < 1.29 is 14.7 Å². The Labute approximate surface area is 177 Å². The normalized spacial score (nSPS) is 10.6. The number of amides is 1. The van der Waals surface area contributed by atoms with Gasteiger partial charge in [-0.05, 0) is 49.9 Å². The van der Waals surface area contributed by atoms with Crippen LogP contribution in [0.4, 0.5) is 0 Å². The van der Waals surface area contributed by atoms with Crippen molar-refractivity contribution in [3.8, 4) is 0 Å². The fraction of sp³-hybridized carbons (Fsp3) is 0.240. The van der Waals surface area contributed by atoms with Crippen molar-refractivity contribution in [2.75, 3.05) is 13.1 Å². The Balaban J connectivity index is 1.77. The molecule has 5 nitrogen and oxygen atoms in total. The summed E-state index contributed by atoms with van der Waals surface area (Å²) < 4.78 is 0. The molecule has 0 atom stereocenters. The summed E-state index contributed by atoms with van der Waals surface area (Å²) in [6, 6.07) is 19.3. The number of rotatable bonds is 8. The number of carboxylic acid groups (broad SMARTS) is 1. The summed E-state index contributed by atoms with van der Waals surface area (Å²) in [7, 11) is 0. The van der Waals surface area contributed by atoms with Crippen molar-refractivity contribution in [1.82, 2.24) is 9.88 Å². The molecule has 0 fully saturated rings. The number of benzene rings is 2. The highest BCUT2D eigenvalue weighted by molar-refractivity contribution is 5.95. The minimum absolute atomic E-state index is 0.0605. The first-order chi connectivity index (χ1) is 14.4. The molecule has 0 bridgehead atoms. The van der Waals surface area contributed by atoms with E-state index in [1.54, 1.807) is 4.90 Å². The molecule has 1 aromatic heterocycles. The Morgan fingerprint density at radius 2 is 1.33 bits per heavy atom. The molecule has 0 radical (unpaired) electrons. The first-order valence-corrected chi connectivity index (χ1v) is 10.0. The Hall–Kier alpha value is -3.47. The molecule has 0 aliphatic rings. The standard InChI is InChI=1S/C25H26N2O3/c1-18-3-7-20(8-4-18)12-15-27(16-13-21-9-5-19(2)6-10-21)24(28)23-17-22(25(29)30)11-14-26-23/h3-11,14,17H,12-13,15-16H2,1-2H3,(H,29,30). The van der Waals surface area contributed by atoms with E-state index in [-0.39, 0.29) is 17.2 Å². The van der Waals surface area contributed by atoms with Crippen LogP contribution in [0.15, 0.2) is 66.9 Å². The van der Waals surface area contributed by atoms with E-state index in [9.17, 15) is 14.7 Å². The van der Waals surface area contributed by atoms with Crippen LogP contribution < -0.4 is 0 Å². The van der Waals surface area contributed by atoms with E-state index in [0.717, 1.165) is 24.0 Å². The summed E-state index contributed by atoms with van der Waals surface area (Å²) in [6.45, 7) is 5.16. The lowest BCUT2D eigenvalue weighted by molar-refractivity contribution is 0.0696. The van der Waals surface area contributed by atoms with Gasteiger partial charge in [0.15, 0.2) is 0 Å². The molecule has 0 spiro atoms. The van der Waals surface area contributed by atoms with Gasteiger partial charge < -0.3 is 10.0 Å². The summed E-state index contributed by atoms with van der Waals surface area (Å²) in [5, 5.41) is 9.23. The Morgan fingerprint density at radius 3 is 1.80 bits per heavy atom. The highest BCUT2D eigenvalue weighted by atomic mass is 16.4. The number of pyridine rings is 1. The maximum Gasteiger partial charge on any atom is 0.335 e. The molecule has 30 heavy (non-hydrogen) atoms. The molecule has 0 aliphatic carbocycles. The smallest absolute Gasteiger partial charge is 0.335 e. The second-order valence-electron chi connectivity index (χ2n) is 7.50. The van der Waals surface area contributed by atoms with Crippen molar-refractivity contribution in [3.05, 3.63) is 100 Å². The molecule has 3 aromatic rings. The number of carbonyl (C=O) groups is 2. The van der Waals surface area contributed by atoms with Gasteiger partial charge in [0, 0.05) is 19.3 Å². The molecule has 154 valence electrons. The fourth-order valence-electron chi connectivity index (χ4n) is 3.20. The number of aryl methyl sites for hydroxylation is 2. The van der Waals surface area contributed by atoms with Gasteiger partial charge in [-0.3, -0.25) is 9.78 Å². The third kappa shape index (κ3) is 5.77. The average Bonchev–Trinajstić information content (AvgIpc) is 2.76. The number of carboxylic acids is 1. The lowest BCUT2D eigenvalue weighted by atomic mass is 10.1. The number of hydrogen-bond acceptors (Lipinski definition) is 3. The third-order valence-electron chi connectivity index (χ3n) is 5.10. The molecular formula is C25H26N2O3. The van der Waals surface area contributed by atoms with Crippen molar-refractivity contribution >= 4 is 11.9 Å². The van der Waals surface area contributed by atoms with Crippen molar-refractivity contribution in [2.45, 2.75) is 26.7 Å². The molecule has 1 heterocycles. The van der Waals surface area contributed by atoms with Crippen LogP contribution in [-0.2, 0) is 12.8 Å². The lowest BCUT2D eigenvalue weighted by Gasteiger charge is -2.23. The Morgan fingerprint density at radius 1 is 0.833 bits per heavy atom. The number of aromatic carboxylic acids is 1. The molecule has 2 aromatic carbocycles.